The van der Waals surface area contributed by atoms with Crippen molar-refractivity contribution in [1.29, 1.82) is 0 Å². The standard InChI is InChI=1S/C16H17Cl2N3O4S3.C6H15N/c1-3-20-15(22)13(27-16(20)26)14-19(2)11-7-9(17)10(18)8-12(11)21(14)5-4-6-28(23,24)25;1-4-7(5-2)6-3/h7-8H,3-6H2,1-2H3,(H,23,24,25);4-6H2,1-3H3/b14-13+;. The number of anilines is 2. The Morgan fingerprint density at radius 1 is 1.03 bits per heavy atom. The molecular weight excluding hydrogens is 551 g/mol. The van der Waals surface area contributed by atoms with E-state index < -0.39 is 15.9 Å². The molecule has 2 aliphatic rings. The molecular formula is C22H32Cl2N4O4S3. The predicted octanol–water partition coefficient (Wildman–Crippen LogP) is 4.92. The van der Waals surface area contributed by atoms with Gasteiger partial charge < -0.3 is 14.7 Å². The van der Waals surface area contributed by atoms with Crippen molar-refractivity contribution >= 4 is 78.9 Å². The van der Waals surface area contributed by atoms with E-state index in [0.29, 0.717) is 37.3 Å². The van der Waals surface area contributed by atoms with Crippen LogP contribution in [0.4, 0.5) is 11.4 Å². The van der Waals surface area contributed by atoms with E-state index in [0.717, 1.165) is 5.69 Å². The number of likely N-dealkylation sites (N-methyl/N-ethyl adjacent to an activating group) is 1. The van der Waals surface area contributed by atoms with Gasteiger partial charge in [-0.2, -0.15) is 8.42 Å². The van der Waals surface area contributed by atoms with Gasteiger partial charge in [0, 0.05) is 20.1 Å². The fourth-order valence-electron chi connectivity index (χ4n) is 3.80. The van der Waals surface area contributed by atoms with Crippen LogP contribution in [0.15, 0.2) is 22.9 Å². The number of carbonyl (C=O) groups is 1. The van der Waals surface area contributed by atoms with Gasteiger partial charge in [0.25, 0.3) is 16.0 Å². The predicted molar refractivity (Wildman–Crippen MR) is 151 cm³/mol. The fraction of sp³-hybridized carbons (Fsp3) is 0.545. The molecule has 1 aromatic rings. The molecule has 35 heavy (non-hydrogen) atoms. The molecule has 3 rings (SSSR count). The fourth-order valence-corrected chi connectivity index (χ4v) is 6.11. The summed E-state index contributed by atoms with van der Waals surface area (Å²) in [7, 11) is -2.30. The van der Waals surface area contributed by atoms with Crippen LogP contribution < -0.4 is 9.80 Å². The highest BCUT2D eigenvalue weighted by Crippen LogP contribution is 2.48. The number of nitrogens with zero attached hydrogens (tertiary/aromatic N) is 4. The molecule has 196 valence electrons. The van der Waals surface area contributed by atoms with Gasteiger partial charge >= 0.3 is 0 Å². The van der Waals surface area contributed by atoms with Crippen LogP contribution in [0.5, 0.6) is 0 Å². The Kier molecular flexibility index (Phi) is 11.1. The number of hydrogen-bond acceptors (Lipinski definition) is 8. The Balaban J connectivity index is 0.000000540. The summed E-state index contributed by atoms with van der Waals surface area (Å²) < 4.78 is 31.8. The topological polar surface area (TPSA) is 84.4 Å². The van der Waals surface area contributed by atoms with Crippen LogP contribution in [-0.2, 0) is 14.9 Å². The van der Waals surface area contributed by atoms with E-state index in [1.165, 1.54) is 36.3 Å². The maximum absolute atomic E-state index is 12.9. The molecule has 0 aliphatic carbocycles. The Labute approximate surface area is 227 Å². The molecule has 2 aliphatic heterocycles. The average molecular weight is 584 g/mol. The van der Waals surface area contributed by atoms with Crippen LogP contribution in [-0.4, -0.2) is 78.5 Å². The van der Waals surface area contributed by atoms with Gasteiger partial charge in [-0.05, 0) is 45.1 Å². The quantitative estimate of drug-likeness (QED) is 0.260. The van der Waals surface area contributed by atoms with Crippen LogP contribution in [0.1, 0.15) is 34.1 Å². The summed E-state index contributed by atoms with van der Waals surface area (Å²) >= 11 is 18.9. The highest BCUT2D eigenvalue weighted by atomic mass is 35.5. The van der Waals surface area contributed by atoms with Gasteiger partial charge in [-0.25, -0.2) is 0 Å². The van der Waals surface area contributed by atoms with Gasteiger partial charge in [-0.1, -0.05) is 68.0 Å². The van der Waals surface area contributed by atoms with Crippen LogP contribution in [0, 0.1) is 0 Å². The number of hydrogen-bond donors (Lipinski definition) is 1. The van der Waals surface area contributed by atoms with Crippen molar-refractivity contribution in [3.8, 4) is 0 Å². The third-order valence-corrected chi connectivity index (χ3v) is 8.69. The highest BCUT2D eigenvalue weighted by Gasteiger charge is 2.40. The second kappa shape index (κ2) is 12.9. The largest absolute Gasteiger partial charge is 0.328 e. The minimum atomic E-state index is -4.10. The van der Waals surface area contributed by atoms with E-state index in [4.69, 9.17) is 40.0 Å². The maximum Gasteiger partial charge on any atom is 0.269 e. The number of halogens is 2. The maximum atomic E-state index is 12.9. The van der Waals surface area contributed by atoms with E-state index in [1.807, 2.05) is 16.7 Å². The summed E-state index contributed by atoms with van der Waals surface area (Å²) in [6, 6.07) is 3.37. The van der Waals surface area contributed by atoms with Crippen molar-refractivity contribution in [2.24, 2.45) is 0 Å². The normalized spacial score (nSPS) is 17.9. The van der Waals surface area contributed by atoms with E-state index in [-0.39, 0.29) is 18.9 Å². The minimum Gasteiger partial charge on any atom is -0.328 e. The lowest BCUT2D eigenvalue weighted by Crippen LogP contribution is -2.32. The molecule has 1 aromatic carbocycles. The van der Waals surface area contributed by atoms with E-state index in [9.17, 15) is 13.2 Å². The van der Waals surface area contributed by atoms with Crippen LogP contribution >= 0.6 is 47.2 Å². The molecule has 1 saturated heterocycles. The van der Waals surface area contributed by atoms with Crippen molar-refractivity contribution in [3.05, 3.63) is 32.9 Å². The van der Waals surface area contributed by atoms with Crippen molar-refractivity contribution in [2.75, 3.05) is 55.3 Å². The summed E-state index contributed by atoms with van der Waals surface area (Å²) in [4.78, 5) is 20.8. The number of benzene rings is 1. The summed E-state index contributed by atoms with van der Waals surface area (Å²) in [6.07, 6.45) is 0.157. The van der Waals surface area contributed by atoms with E-state index >= 15 is 0 Å². The average Bonchev–Trinajstić information content (AvgIpc) is 3.21. The number of thiocarbonyl (C=S) groups is 1. The first kappa shape index (κ1) is 30.1. The van der Waals surface area contributed by atoms with E-state index in [2.05, 4.69) is 25.7 Å². The Bertz CT molecular complexity index is 1090. The van der Waals surface area contributed by atoms with Gasteiger partial charge in [-0.15, -0.1) is 0 Å². The van der Waals surface area contributed by atoms with Gasteiger partial charge in [0.1, 0.15) is 15.0 Å². The molecule has 0 spiro atoms. The molecule has 2 heterocycles. The molecule has 13 heteroatoms. The molecule has 1 amide bonds. The summed E-state index contributed by atoms with van der Waals surface area (Å²) in [5.74, 6) is -0.0197. The van der Waals surface area contributed by atoms with Crippen molar-refractivity contribution in [2.45, 2.75) is 34.1 Å². The molecule has 0 aromatic heterocycles. The van der Waals surface area contributed by atoms with Gasteiger partial charge in [0.15, 0.2) is 0 Å². The Morgan fingerprint density at radius 3 is 2.00 bits per heavy atom. The summed E-state index contributed by atoms with van der Waals surface area (Å²) in [5.41, 5.74) is 1.43. The molecule has 0 atom stereocenters. The number of amides is 1. The number of fused-ring (bicyclic) bond motifs is 1. The van der Waals surface area contributed by atoms with Crippen molar-refractivity contribution in [1.82, 2.24) is 9.80 Å². The highest BCUT2D eigenvalue weighted by molar-refractivity contribution is 8.26. The van der Waals surface area contributed by atoms with Crippen molar-refractivity contribution < 1.29 is 17.8 Å². The van der Waals surface area contributed by atoms with Crippen LogP contribution in [0.25, 0.3) is 0 Å². The van der Waals surface area contributed by atoms with Crippen LogP contribution in [0.3, 0.4) is 0 Å². The smallest absolute Gasteiger partial charge is 0.269 e. The van der Waals surface area contributed by atoms with Crippen molar-refractivity contribution in [3.63, 3.8) is 0 Å². The van der Waals surface area contributed by atoms with Gasteiger partial charge in [0.2, 0.25) is 0 Å². The molecule has 1 fully saturated rings. The lowest BCUT2D eigenvalue weighted by atomic mass is 10.2. The van der Waals surface area contributed by atoms with Crippen LogP contribution in [0.2, 0.25) is 10.0 Å². The Hall–Kier alpha value is -1.08. The lowest BCUT2D eigenvalue weighted by molar-refractivity contribution is -0.122. The molecule has 1 N–H and O–H groups in total. The molecule has 0 bridgehead atoms. The number of rotatable bonds is 8. The van der Waals surface area contributed by atoms with E-state index in [1.54, 1.807) is 19.2 Å². The lowest BCUT2D eigenvalue weighted by Gasteiger charge is -2.24. The first-order valence-electron chi connectivity index (χ1n) is 11.4. The molecule has 0 unspecified atom stereocenters. The zero-order valence-electron chi connectivity index (χ0n) is 20.5. The Morgan fingerprint density at radius 2 is 1.57 bits per heavy atom. The monoisotopic (exact) mass is 582 g/mol. The SMILES string of the molecule is CCN(CC)CC.CCN1C(=O)/C(=C2/N(C)c3cc(Cl)c(Cl)cc3N2CCCS(=O)(=O)O)SC1=S. The second-order valence-corrected chi connectivity index (χ2v) is 11.8. The number of carbonyl (C=O) groups excluding carboxylic acids is 1. The van der Waals surface area contributed by atoms with Gasteiger partial charge in [0.05, 0.1) is 27.2 Å². The first-order chi connectivity index (χ1) is 16.4. The molecule has 0 saturated carbocycles. The minimum absolute atomic E-state index is 0.157. The third-order valence-electron chi connectivity index (χ3n) is 5.74. The molecule has 8 nitrogen and oxygen atoms in total. The zero-order chi connectivity index (χ0) is 26.5. The molecule has 0 radical (unpaired) electrons. The summed E-state index contributed by atoms with van der Waals surface area (Å²) in [6.45, 7) is 12.7. The number of thioether (sulfide) groups is 1. The zero-order valence-corrected chi connectivity index (χ0v) is 24.5. The third kappa shape index (κ3) is 7.24. The second-order valence-electron chi connectivity index (χ2n) is 7.79. The first-order valence-corrected chi connectivity index (χ1v) is 14.9. The summed E-state index contributed by atoms with van der Waals surface area (Å²) in [5, 5.41) is 0.712. The van der Waals surface area contributed by atoms with Gasteiger partial charge in [-0.3, -0.25) is 14.2 Å².